The minimum atomic E-state index is -1.18. The Morgan fingerprint density at radius 2 is 2.21 bits per heavy atom. The second-order valence-corrected chi connectivity index (χ2v) is 4.48. The monoisotopic (exact) mass is 269 g/mol. The Balaban J connectivity index is 1.84. The highest BCUT2D eigenvalue weighted by Gasteiger charge is 2.52. The molecule has 5 atom stereocenters. The number of nitrogens with one attached hydrogen (secondary N) is 1. The molecule has 0 aromatic rings. The molecule has 3 heterocycles. The molecule has 0 aromatic heterocycles. The molecule has 0 saturated carbocycles. The van der Waals surface area contributed by atoms with Crippen LogP contribution >= 0.6 is 0 Å². The second-order valence-electron chi connectivity index (χ2n) is 4.48. The molecule has 9 nitrogen and oxygen atoms in total. The van der Waals surface area contributed by atoms with Crippen LogP contribution in [-0.2, 0) is 9.53 Å². The van der Waals surface area contributed by atoms with Crippen molar-refractivity contribution in [3.8, 4) is 0 Å². The maximum absolute atomic E-state index is 11.5. The normalized spacial score (nSPS) is 41.2. The summed E-state index contributed by atoms with van der Waals surface area (Å²) in [6.45, 7) is -0.238. The van der Waals surface area contributed by atoms with Crippen molar-refractivity contribution in [1.82, 2.24) is 0 Å². The van der Waals surface area contributed by atoms with Gasteiger partial charge in [-0.3, -0.25) is 4.79 Å². The number of aliphatic hydroxyl groups excluding tert-OH is 3. The zero-order valence-electron chi connectivity index (χ0n) is 9.80. The van der Waals surface area contributed by atoms with Gasteiger partial charge in [0.05, 0.1) is 6.61 Å². The van der Waals surface area contributed by atoms with Crippen LogP contribution in [0.2, 0.25) is 0 Å². The number of aliphatic hydroxyl groups is 3. The first kappa shape index (κ1) is 12.5. The summed E-state index contributed by atoms with van der Waals surface area (Å²) in [7, 11) is 0. The fourth-order valence-corrected chi connectivity index (χ4v) is 2.39. The Morgan fingerprint density at radius 1 is 1.42 bits per heavy atom. The van der Waals surface area contributed by atoms with Gasteiger partial charge in [0.1, 0.15) is 18.5 Å². The number of hydrogen-bond acceptors (Lipinski definition) is 7. The first-order chi connectivity index (χ1) is 9.13. The fraction of sp³-hybridized carbons (Fsp3) is 0.600. The van der Waals surface area contributed by atoms with Crippen LogP contribution < -0.4 is 4.90 Å². The number of amides is 1. The molecule has 0 bridgehead atoms. The molecule has 0 aliphatic carbocycles. The van der Waals surface area contributed by atoms with Crippen LogP contribution in [0, 0.1) is 0 Å². The van der Waals surface area contributed by atoms with Crippen molar-refractivity contribution in [2.75, 3.05) is 13.3 Å². The molecule has 1 saturated heterocycles. The zero-order valence-corrected chi connectivity index (χ0v) is 9.80. The lowest BCUT2D eigenvalue weighted by Gasteiger charge is -2.21. The van der Waals surface area contributed by atoms with Crippen molar-refractivity contribution in [2.24, 2.45) is 15.0 Å². The number of amidine groups is 1. The molecule has 5 unspecified atom stereocenters. The smallest absolute Gasteiger partial charge is 0.304 e. The van der Waals surface area contributed by atoms with Gasteiger partial charge in [-0.2, -0.15) is 9.98 Å². The zero-order chi connectivity index (χ0) is 13.6. The predicted molar refractivity (Wildman–Crippen MR) is 62.0 cm³/mol. The van der Waals surface area contributed by atoms with Gasteiger partial charge in [0.25, 0.3) is 5.84 Å². The summed E-state index contributed by atoms with van der Waals surface area (Å²) in [6, 6.07) is 0. The highest BCUT2D eigenvalue weighted by atomic mass is 16.6. The lowest BCUT2D eigenvalue weighted by atomic mass is 10.1. The maximum Gasteiger partial charge on any atom is 0.304 e. The van der Waals surface area contributed by atoms with Gasteiger partial charge in [-0.1, -0.05) is 0 Å². The van der Waals surface area contributed by atoms with Crippen LogP contribution in [0.4, 0.5) is 0 Å². The van der Waals surface area contributed by atoms with Crippen molar-refractivity contribution in [2.45, 2.75) is 24.5 Å². The Morgan fingerprint density at radius 3 is 2.89 bits per heavy atom. The summed E-state index contributed by atoms with van der Waals surface area (Å²) in [5.74, 6) is -0.137. The van der Waals surface area contributed by atoms with Crippen LogP contribution in [0.3, 0.4) is 0 Å². The van der Waals surface area contributed by atoms with E-state index >= 15 is 0 Å². The summed E-state index contributed by atoms with van der Waals surface area (Å²) in [4.78, 5) is 23.5. The Hall–Kier alpha value is -1.52. The molecule has 19 heavy (non-hydrogen) atoms. The van der Waals surface area contributed by atoms with Crippen LogP contribution in [-0.4, -0.2) is 76.9 Å². The molecule has 3 aliphatic heterocycles. The third-order valence-corrected chi connectivity index (χ3v) is 3.39. The number of aliphatic imine (C=N–C) groups is 3. The number of ether oxygens (including phenoxy) is 1. The third-order valence-electron chi connectivity index (χ3n) is 3.39. The van der Waals surface area contributed by atoms with E-state index in [4.69, 9.17) is 9.84 Å². The molecular formula is C10H13N4O5+. The molecule has 9 heteroatoms. The van der Waals surface area contributed by atoms with Gasteiger partial charge in [-0.05, 0) is 0 Å². The van der Waals surface area contributed by atoms with E-state index in [1.165, 1.54) is 0 Å². The lowest BCUT2D eigenvalue weighted by Crippen LogP contribution is -3.18. The third kappa shape index (κ3) is 1.83. The number of carbonyl (C=O) groups is 1. The highest BCUT2D eigenvalue weighted by molar-refractivity contribution is 6.67. The molecule has 0 aromatic carbocycles. The first-order valence-corrected chi connectivity index (χ1v) is 5.81. The minimum Gasteiger partial charge on any atom is -0.394 e. The topological polar surface area (TPSA) is 129 Å². The number of hydrogen-bond donors (Lipinski definition) is 4. The van der Waals surface area contributed by atoms with Gasteiger partial charge in [0.15, 0.2) is 12.8 Å². The van der Waals surface area contributed by atoms with Crippen molar-refractivity contribution >= 4 is 23.8 Å². The quantitative estimate of drug-likeness (QED) is 0.403. The lowest BCUT2D eigenvalue weighted by molar-refractivity contribution is -0.858. The van der Waals surface area contributed by atoms with E-state index in [0.717, 1.165) is 6.34 Å². The van der Waals surface area contributed by atoms with Crippen LogP contribution in [0.1, 0.15) is 0 Å². The number of rotatable bonds is 2. The van der Waals surface area contributed by atoms with Gasteiger partial charge in [-0.15, -0.1) is 0 Å². The molecule has 0 spiro atoms. The first-order valence-electron chi connectivity index (χ1n) is 5.81. The highest BCUT2D eigenvalue weighted by Crippen LogP contribution is 2.18. The maximum atomic E-state index is 11.5. The van der Waals surface area contributed by atoms with Gasteiger partial charge < -0.3 is 20.1 Å². The molecule has 4 N–H and O–H groups in total. The molecular weight excluding hydrogens is 256 g/mol. The SMILES string of the molecule is O=C1N=CN=C2C1=NC[NH+]2C1OC(CO)C(O)C1O. The number of fused-ring (bicyclic) bond motifs is 1. The minimum absolute atomic E-state index is 0.148. The van der Waals surface area contributed by atoms with Gasteiger partial charge in [-0.25, -0.2) is 9.89 Å². The predicted octanol–water partition coefficient (Wildman–Crippen LogP) is -4.31. The standard InChI is InChI=1S/C10H12N4O5/c15-1-4-6(16)7(17)10(19-4)14-3-13-5-8(14)11-2-12-9(5)18/h2,4,6-7,10,15-17H,1,3H2/p+1. The number of carbonyl (C=O) groups excluding carboxylic acids is 1. The summed E-state index contributed by atoms with van der Waals surface area (Å²) < 4.78 is 5.41. The molecule has 0 radical (unpaired) electrons. The van der Waals surface area contributed by atoms with E-state index in [0.29, 0.717) is 10.7 Å². The Kier molecular flexibility index (Phi) is 2.99. The van der Waals surface area contributed by atoms with Crippen LogP contribution in [0.25, 0.3) is 0 Å². The van der Waals surface area contributed by atoms with Crippen molar-refractivity contribution in [3.63, 3.8) is 0 Å². The Labute approximate surface area is 107 Å². The summed E-state index contributed by atoms with van der Waals surface area (Å²) >= 11 is 0. The van der Waals surface area contributed by atoms with E-state index < -0.39 is 37.1 Å². The van der Waals surface area contributed by atoms with Gasteiger partial charge in [0, 0.05) is 0 Å². The van der Waals surface area contributed by atoms with E-state index in [1.54, 1.807) is 0 Å². The molecule has 1 fully saturated rings. The summed E-state index contributed by atoms with van der Waals surface area (Å²) in [6.07, 6.45) is -2.92. The second kappa shape index (κ2) is 4.54. The number of nitrogens with zero attached hydrogens (tertiary/aromatic N) is 3. The average molecular weight is 269 g/mol. The molecule has 3 rings (SSSR count). The van der Waals surface area contributed by atoms with Crippen molar-refractivity contribution in [1.29, 1.82) is 0 Å². The van der Waals surface area contributed by atoms with Crippen molar-refractivity contribution in [3.05, 3.63) is 0 Å². The fourth-order valence-electron chi connectivity index (χ4n) is 2.39. The van der Waals surface area contributed by atoms with E-state index in [-0.39, 0.29) is 12.4 Å². The Bertz CT molecular complexity index is 502. The summed E-state index contributed by atoms with van der Waals surface area (Å²) in [5, 5.41) is 28.7. The molecule has 102 valence electrons. The molecule has 1 amide bonds. The van der Waals surface area contributed by atoms with E-state index in [9.17, 15) is 15.0 Å². The van der Waals surface area contributed by atoms with Crippen LogP contribution in [0.15, 0.2) is 15.0 Å². The molecule has 3 aliphatic rings. The van der Waals surface area contributed by atoms with Crippen molar-refractivity contribution < 1.29 is 29.8 Å². The van der Waals surface area contributed by atoms with E-state index in [2.05, 4.69) is 15.0 Å². The average Bonchev–Trinajstić information content (AvgIpc) is 2.94. The largest absolute Gasteiger partial charge is 0.394 e. The van der Waals surface area contributed by atoms with Gasteiger partial charge >= 0.3 is 5.91 Å². The van der Waals surface area contributed by atoms with Crippen LogP contribution in [0.5, 0.6) is 0 Å². The van der Waals surface area contributed by atoms with Gasteiger partial charge in [0.2, 0.25) is 11.9 Å². The number of quaternary nitrogens is 1. The van der Waals surface area contributed by atoms with E-state index in [1.807, 2.05) is 0 Å². The summed E-state index contributed by atoms with van der Waals surface area (Å²) in [5.41, 5.74) is 0.148.